The summed E-state index contributed by atoms with van der Waals surface area (Å²) in [5, 5.41) is 10.2. The molecule has 4 unspecified atom stereocenters. The molecule has 2 aliphatic heterocycles. The van der Waals surface area contributed by atoms with E-state index in [9.17, 15) is 9.90 Å². The molecule has 1 saturated carbocycles. The van der Waals surface area contributed by atoms with Gasteiger partial charge in [-0.05, 0) is 51.4 Å². The number of likely N-dealkylation sites (tertiary alicyclic amines) is 1. The highest BCUT2D eigenvalue weighted by Gasteiger charge is 2.38. The second kappa shape index (κ2) is 7.10. The lowest BCUT2D eigenvalue weighted by molar-refractivity contribution is -0.137. The van der Waals surface area contributed by atoms with Crippen LogP contribution in [0, 0.1) is 5.92 Å². The fourth-order valence-corrected chi connectivity index (χ4v) is 4.43. The van der Waals surface area contributed by atoms with E-state index in [0.717, 1.165) is 64.5 Å². The van der Waals surface area contributed by atoms with E-state index in [-0.39, 0.29) is 18.1 Å². The molecule has 0 radical (unpaired) electrons. The quantitative estimate of drug-likeness (QED) is 0.867. The number of aliphatic hydroxyl groups is 1. The van der Waals surface area contributed by atoms with Gasteiger partial charge in [0.1, 0.15) is 0 Å². The smallest absolute Gasteiger partial charge is 0.222 e. The van der Waals surface area contributed by atoms with Crippen molar-refractivity contribution in [2.75, 3.05) is 13.2 Å². The maximum Gasteiger partial charge on any atom is 0.222 e. The summed E-state index contributed by atoms with van der Waals surface area (Å²) in [5.41, 5.74) is 0. The van der Waals surface area contributed by atoms with Crippen molar-refractivity contribution in [1.82, 2.24) is 4.90 Å². The van der Waals surface area contributed by atoms with E-state index in [1.807, 2.05) is 0 Å². The predicted molar refractivity (Wildman–Crippen MR) is 80.9 cm³/mol. The summed E-state index contributed by atoms with van der Waals surface area (Å²) < 4.78 is 5.62. The summed E-state index contributed by atoms with van der Waals surface area (Å²) >= 11 is 0. The third-order valence-corrected chi connectivity index (χ3v) is 5.60. The highest BCUT2D eigenvalue weighted by molar-refractivity contribution is 5.76. The lowest BCUT2D eigenvalue weighted by Gasteiger charge is -2.40. The molecule has 3 rings (SSSR count). The van der Waals surface area contributed by atoms with E-state index in [0.29, 0.717) is 18.4 Å². The molecule has 1 aliphatic carbocycles. The van der Waals surface area contributed by atoms with E-state index in [4.69, 9.17) is 4.74 Å². The molecule has 4 atom stereocenters. The summed E-state index contributed by atoms with van der Waals surface area (Å²) in [6, 6.07) is 0.285. The van der Waals surface area contributed by atoms with Crippen LogP contribution < -0.4 is 0 Å². The molecule has 0 spiro atoms. The van der Waals surface area contributed by atoms with Crippen molar-refractivity contribution in [3.63, 3.8) is 0 Å². The van der Waals surface area contributed by atoms with Gasteiger partial charge in [0.05, 0.1) is 12.2 Å². The minimum Gasteiger partial charge on any atom is -0.393 e. The summed E-state index contributed by atoms with van der Waals surface area (Å²) in [4.78, 5) is 14.7. The molecule has 2 heterocycles. The first-order chi connectivity index (χ1) is 10.3. The number of hydrogen-bond acceptors (Lipinski definition) is 3. The molecule has 0 aromatic rings. The summed E-state index contributed by atoms with van der Waals surface area (Å²) in [5.74, 6) is 0.603. The average Bonchev–Trinajstić information content (AvgIpc) is 3.16. The number of amides is 1. The van der Waals surface area contributed by atoms with Crippen LogP contribution in [-0.4, -0.2) is 47.3 Å². The zero-order chi connectivity index (χ0) is 14.7. The molecule has 3 aliphatic rings. The normalized spacial score (nSPS) is 37.1. The first kappa shape index (κ1) is 15.3. The highest BCUT2D eigenvalue weighted by Crippen LogP contribution is 2.35. The van der Waals surface area contributed by atoms with E-state index in [1.54, 1.807) is 0 Å². The molecule has 2 saturated heterocycles. The largest absolute Gasteiger partial charge is 0.393 e. The number of hydrogen-bond donors (Lipinski definition) is 1. The van der Waals surface area contributed by atoms with Crippen LogP contribution in [-0.2, 0) is 9.53 Å². The van der Waals surface area contributed by atoms with Gasteiger partial charge >= 0.3 is 0 Å². The van der Waals surface area contributed by atoms with Crippen molar-refractivity contribution in [3.8, 4) is 0 Å². The minimum absolute atomic E-state index is 0.193. The molecular weight excluding hydrogens is 266 g/mol. The van der Waals surface area contributed by atoms with Crippen LogP contribution >= 0.6 is 0 Å². The Hall–Kier alpha value is -0.610. The van der Waals surface area contributed by atoms with Crippen molar-refractivity contribution in [1.29, 1.82) is 0 Å². The Morgan fingerprint density at radius 2 is 2.00 bits per heavy atom. The maximum absolute atomic E-state index is 12.6. The second-order valence-electron chi connectivity index (χ2n) is 6.99. The third kappa shape index (κ3) is 3.59. The first-order valence-electron chi connectivity index (χ1n) is 8.85. The van der Waals surface area contributed by atoms with Gasteiger partial charge in [-0.15, -0.1) is 0 Å². The van der Waals surface area contributed by atoms with E-state index in [1.165, 1.54) is 6.42 Å². The molecular formula is C17H29NO3. The van der Waals surface area contributed by atoms with E-state index in [2.05, 4.69) is 4.90 Å². The Balaban J connectivity index is 1.56. The van der Waals surface area contributed by atoms with E-state index < -0.39 is 0 Å². The molecule has 0 bridgehead atoms. The minimum atomic E-state index is -0.193. The van der Waals surface area contributed by atoms with Gasteiger partial charge in [-0.2, -0.15) is 0 Å². The first-order valence-corrected chi connectivity index (χ1v) is 8.85. The summed E-state index contributed by atoms with van der Waals surface area (Å²) in [6.45, 7) is 1.75. The van der Waals surface area contributed by atoms with Gasteiger partial charge in [0.2, 0.25) is 5.91 Å². The Bertz CT molecular complexity index is 354. The number of aliphatic hydroxyl groups excluding tert-OH is 1. The lowest BCUT2D eigenvalue weighted by Crippen LogP contribution is -2.49. The van der Waals surface area contributed by atoms with E-state index >= 15 is 0 Å². The molecule has 3 fully saturated rings. The van der Waals surface area contributed by atoms with Gasteiger partial charge in [0.15, 0.2) is 0 Å². The molecule has 1 N–H and O–H groups in total. The number of nitrogens with zero attached hydrogens (tertiary/aromatic N) is 1. The SMILES string of the molecule is O=C(CCC1CCCO1)N1CCCCC1C1CCCC1O. The molecule has 0 aromatic heterocycles. The number of ether oxygens (including phenoxy) is 1. The Labute approximate surface area is 127 Å². The molecule has 0 aromatic carbocycles. The lowest BCUT2D eigenvalue weighted by atomic mass is 9.87. The van der Waals surface area contributed by atoms with Gasteiger partial charge < -0.3 is 14.7 Å². The monoisotopic (exact) mass is 295 g/mol. The predicted octanol–water partition coefficient (Wildman–Crippen LogP) is 2.49. The number of rotatable bonds is 4. The van der Waals surface area contributed by atoms with Crippen molar-refractivity contribution in [3.05, 3.63) is 0 Å². The van der Waals surface area contributed by atoms with Crippen molar-refractivity contribution in [2.45, 2.75) is 82.5 Å². The fourth-order valence-electron chi connectivity index (χ4n) is 4.43. The standard InChI is InChI=1S/C17H29NO3/c19-16-8-3-6-14(16)15-7-1-2-11-18(15)17(20)10-9-13-5-4-12-21-13/h13-16,19H,1-12H2. The topological polar surface area (TPSA) is 49.8 Å². The van der Waals surface area contributed by atoms with Gasteiger partial charge in [0.25, 0.3) is 0 Å². The van der Waals surface area contributed by atoms with Crippen molar-refractivity contribution >= 4 is 5.91 Å². The zero-order valence-electron chi connectivity index (χ0n) is 13.0. The van der Waals surface area contributed by atoms with Crippen LogP contribution in [0.15, 0.2) is 0 Å². The Kier molecular flexibility index (Phi) is 5.17. The third-order valence-electron chi connectivity index (χ3n) is 5.60. The molecule has 21 heavy (non-hydrogen) atoms. The van der Waals surface area contributed by atoms with Crippen molar-refractivity contribution in [2.24, 2.45) is 5.92 Å². The Morgan fingerprint density at radius 1 is 1.10 bits per heavy atom. The molecule has 1 amide bonds. The second-order valence-corrected chi connectivity index (χ2v) is 6.99. The zero-order valence-corrected chi connectivity index (χ0v) is 13.0. The Morgan fingerprint density at radius 3 is 2.71 bits per heavy atom. The van der Waals surface area contributed by atoms with Crippen LogP contribution in [0.4, 0.5) is 0 Å². The average molecular weight is 295 g/mol. The fraction of sp³-hybridized carbons (Fsp3) is 0.941. The molecule has 4 nitrogen and oxygen atoms in total. The van der Waals surface area contributed by atoms with Gasteiger partial charge in [0, 0.05) is 31.5 Å². The molecule has 120 valence electrons. The van der Waals surface area contributed by atoms with Gasteiger partial charge in [-0.25, -0.2) is 0 Å². The van der Waals surface area contributed by atoms with Crippen LogP contribution in [0.5, 0.6) is 0 Å². The van der Waals surface area contributed by atoms with Crippen molar-refractivity contribution < 1.29 is 14.6 Å². The van der Waals surface area contributed by atoms with Crippen LogP contribution in [0.25, 0.3) is 0 Å². The van der Waals surface area contributed by atoms with Gasteiger partial charge in [-0.3, -0.25) is 4.79 Å². The summed E-state index contributed by atoms with van der Waals surface area (Å²) in [6.07, 6.45) is 10.3. The maximum atomic E-state index is 12.6. The highest BCUT2D eigenvalue weighted by atomic mass is 16.5. The van der Waals surface area contributed by atoms with Gasteiger partial charge in [-0.1, -0.05) is 6.42 Å². The molecule has 4 heteroatoms. The number of piperidine rings is 1. The number of carbonyl (C=O) groups is 1. The number of carbonyl (C=O) groups excluding carboxylic acids is 1. The summed E-state index contributed by atoms with van der Waals surface area (Å²) in [7, 11) is 0. The van der Waals surface area contributed by atoms with Crippen LogP contribution in [0.2, 0.25) is 0 Å². The van der Waals surface area contributed by atoms with Crippen LogP contribution in [0.1, 0.15) is 64.2 Å². The van der Waals surface area contributed by atoms with Crippen LogP contribution in [0.3, 0.4) is 0 Å².